The standard InChI is InChI=1S/C13H25NO3/c1-3-5-6-11(4-2)9-14-7-8-17-12(10-14)13(15)16/h11-12H,3-10H2,1-2H3,(H,15,16). The van der Waals surface area contributed by atoms with Crippen LogP contribution in [0.2, 0.25) is 0 Å². The summed E-state index contributed by atoms with van der Waals surface area (Å²) in [6, 6.07) is 0. The van der Waals surface area contributed by atoms with Crippen LogP contribution in [0.3, 0.4) is 0 Å². The van der Waals surface area contributed by atoms with Crippen LogP contribution >= 0.6 is 0 Å². The molecule has 0 aromatic rings. The Morgan fingerprint density at radius 1 is 1.53 bits per heavy atom. The molecule has 1 heterocycles. The summed E-state index contributed by atoms with van der Waals surface area (Å²) >= 11 is 0. The highest BCUT2D eigenvalue weighted by Gasteiger charge is 2.27. The van der Waals surface area contributed by atoms with E-state index in [0.29, 0.717) is 19.1 Å². The highest BCUT2D eigenvalue weighted by molar-refractivity contribution is 5.72. The van der Waals surface area contributed by atoms with Crippen molar-refractivity contribution in [3.8, 4) is 0 Å². The van der Waals surface area contributed by atoms with Gasteiger partial charge in [-0.3, -0.25) is 4.90 Å². The topological polar surface area (TPSA) is 49.8 Å². The van der Waals surface area contributed by atoms with Gasteiger partial charge in [0.1, 0.15) is 0 Å². The molecule has 0 aromatic carbocycles. The summed E-state index contributed by atoms with van der Waals surface area (Å²) < 4.78 is 5.22. The molecule has 100 valence electrons. The van der Waals surface area contributed by atoms with Gasteiger partial charge in [-0.05, 0) is 12.3 Å². The number of carbonyl (C=O) groups is 1. The van der Waals surface area contributed by atoms with Gasteiger partial charge < -0.3 is 9.84 Å². The zero-order valence-electron chi connectivity index (χ0n) is 11.0. The normalized spacial score (nSPS) is 23.5. The predicted octanol–water partition coefficient (Wildman–Crippen LogP) is 1.99. The minimum absolute atomic E-state index is 0.540. The first kappa shape index (κ1) is 14.5. The van der Waals surface area contributed by atoms with Crippen molar-refractivity contribution in [1.82, 2.24) is 4.90 Å². The lowest BCUT2D eigenvalue weighted by molar-refractivity contribution is -0.156. The van der Waals surface area contributed by atoms with Crippen LogP contribution in [0.25, 0.3) is 0 Å². The highest BCUT2D eigenvalue weighted by Crippen LogP contribution is 2.16. The molecule has 0 spiro atoms. The van der Waals surface area contributed by atoms with Gasteiger partial charge in [0.15, 0.2) is 6.10 Å². The molecular formula is C13H25NO3. The van der Waals surface area contributed by atoms with Gasteiger partial charge >= 0.3 is 5.97 Å². The lowest BCUT2D eigenvalue weighted by Crippen LogP contribution is -2.47. The van der Waals surface area contributed by atoms with Gasteiger partial charge in [-0.1, -0.05) is 33.1 Å². The lowest BCUT2D eigenvalue weighted by Gasteiger charge is -2.33. The lowest BCUT2D eigenvalue weighted by atomic mass is 9.98. The fraction of sp³-hybridized carbons (Fsp3) is 0.923. The highest BCUT2D eigenvalue weighted by atomic mass is 16.5. The number of unbranched alkanes of at least 4 members (excludes halogenated alkanes) is 1. The Kier molecular flexibility index (Phi) is 6.52. The van der Waals surface area contributed by atoms with Crippen molar-refractivity contribution >= 4 is 5.97 Å². The van der Waals surface area contributed by atoms with E-state index in [-0.39, 0.29) is 0 Å². The molecule has 0 radical (unpaired) electrons. The molecule has 4 nitrogen and oxygen atoms in total. The predicted molar refractivity (Wildman–Crippen MR) is 67.1 cm³/mol. The molecule has 1 rings (SSSR count). The van der Waals surface area contributed by atoms with E-state index in [9.17, 15) is 4.79 Å². The smallest absolute Gasteiger partial charge is 0.334 e. The first-order chi connectivity index (χ1) is 8.17. The first-order valence-electron chi connectivity index (χ1n) is 6.74. The van der Waals surface area contributed by atoms with Gasteiger partial charge in [0, 0.05) is 19.6 Å². The van der Waals surface area contributed by atoms with Crippen molar-refractivity contribution in [2.45, 2.75) is 45.6 Å². The average Bonchev–Trinajstić information content (AvgIpc) is 2.34. The Morgan fingerprint density at radius 2 is 2.29 bits per heavy atom. The fourth-order valence-electron chi connectivity index (χ4n) is 2.30. The molecule has 17 heavy (non-hydrogen) atoms. The molecular weight excluding hydrogens is 218 g/mol. The molecule has 1 fully saturated rings. The maximum Gasteiger partial charge on any atom is 0.334 e. The molecule has 0 bridgehead atoms. The molecule has 1 saturated heterocycles. The van der Waals surface area contributed by atoms with Crippen LogP contribution in [0, 0.1) is 5.92 Å². The van der Waals surface area contributed by atoms with Crippen molar-refractivity contribution in [1.29, 1.82) is 0 Å². The molecule has 4 heteroatoms. The zero-order chi connectivity index (χ0) is 12.7. The third kappa shape index (κ3) is 5.04. The van der Waals surface area contributed by atoms with E-state index in [4.69, 9.17) is 9.84 Å². The van der Waals surface area contributed by atoms with Gasteiger partial charge in [0.2, 0.25) is 0 Å². The summed E-state index contributed by atoms with van der Waals surface area (Å²) in [5.74, 6) is -0.140. The summed E-state index contributed by atoms with van der Waals surface area (Å²) in [4.78, 5) is 13.1. The molecule has 2 unspecified atom stereocenters. The number of ether oxygens (including phenoxy) is 1. The second-order valence-corrected chi connectivity index (χ2v) is 4.87. The van der Waals surface area contributed by atoms with Gasteiger partial charge in [-0.2, -0.15) is 0 Å². The van der Waals surface area contributed by atoms with Gasteiger partial charge in [-0.15, -0.1) is 0 Å². The van der Waals surface area contributed by atoms with Crippen molar-refractivity contribution in [2.75, 3.05) is 26.2 Å². The van der Waals surface area contributed by atoms with Crippen LogP contribution in [-0.4, -0.2) is 48.3 Å². The summed E-state index contributed by atoms with van der Waals surface area (Å²) in [6.45, 7) is 7.40. The molecule has 0 aromatic heterocycles. The van der Waals surface area contributed by atoms with Crippen LogP contribution in [0.15, 0.2) is 0 Å². The van der Waals surface area contributed by atoms with E-state index in [1.54, 1.807) is 0 Å². The number of morpholine rings is 1. The Labute approximate surface area is 104 Å². The number of aliphatic carboxylic acids is 1. The molecule has 0 aliphatic carbocycles. The minimum Gasteiger partial charge on any atom is -0.479 e. The average molecular weight is 243 g/mol. The zero-order valence-corrected chi connectivity index (χ0v) is 11.0. The van der Waals surface area contributed by atoms with Crippen molar-refractivity contribution < 1.29 is 14.6 Å². The monoisotopic (exact) mass is 243 g/mol. The summed E-state index contributed by atoms with van der Waals surface area (Å²) in [7, 11) is 0. The molecule has 0 amide bonds. The second-order valence-electron chi connectivity index (χ2n) is 4.87. The number of rotatable bonds is 7. The SMILES string of the molecule is CCCCC(CC)CN1CCOC(C(=O)O)C1. The molecule has 1 aliphatic heterocycles. The van der Waals surface area contributed by atoms with Crippen molar-refractivity contribution in [3.05, 3.63) is 0 Å². The van der Waals surface area contributed by atoms with E-state index in [1.165, 1.54) is 25.7 Å². The Hall–Kier alpha value is -0.610. The number of carboxylic acid groups (broad SMARTS) is 1. The van der Waals surface area contributed by atoms with E-state index in [2.05, 4.69) is 18.7 Å². The molecule has 1 N–H and O–H groups in total. The molecule has 2 atom stereocenters. The van der Waals surface area contributed by atoms with E-state index >= 15 is 0 Å². The van der Waals surface area contributed by atoms with Crippen LogP contribution in [0.5, 0.6) is 0 Å². The van der Waals surface area contributed by atoms with Crippen LogP contribution in [0.4, 0.5) is 0 Å². The molecule has 1 aliphatic rings. The largest absolute Gasteiger partial charge is 0.479 e. The Bertz CT molecular complexity index is 233. The first-order valence-corrected chi connectivity index (χ1v) is 6.74. The minimum atomic E-state index is -0.837. The quantitative estimate of drug-likeness (QED) is 0.743. The third-order valence-corrected chi connectivity index (χ3v) is 3.49. The summed E-state index contributed by atoms with van der Waals surface area (Å²) in [5, 5.41) is 8.94. The molecule has 0 saturated carbocycles. The Morgan fingerprint density at radius 3 is 2.88 bits per heavy atom. The third-order valence-electron chi connectivity index (χ3n) is 3.49. The van der Waals surface area contributed by atoms with Gasteiger partial charge in [0.05, 0.1) is 6.61 Å². The maximum absolute atomic E-state index is 10.9. The number of nitrogens with zero attached hydrogens (tertiary/aromatic N) is 1. The van der Waals surface area contributed by atoms with E-state index in [1.807, 2.05) is 0 Å². The van der Waals surface area contributed by atoms with Crippen molar-refractivity contribution in [3.63, 3.8) is 0 Å². The van der Waals surface area contributed by atoms with Crippen LogP contribution in [0.1, 0.15) is 39.5 Å². The van der Waals surface area contributed by atoms with Crippen molar-refractivity contribution in [2.24, 2.45) is 5.92 Å². The Balaban J connectivity index is 2.35. The number of carboxylic acids is 1. The number of hydrogen-bond acceptors (Lipinski definition) is 3. The summed E-state index contributed by atoms with van der Waals surface area (Å²) in [6.07, 6.45) is 4.30. The maximum atomic E-state index is 10.9. The van der Waals surface area contributed by atoms with E-state index in [0.717, 1.165) is 13.1 Å². The summed E-state index contributed by atoms with van der Waals surface area (Å²) in [5.41, 5.74) is 0. The fourth-order valence-corrected chi connectivity index (χ4v) is 2.30. The van der Waals surface area contributed by atoms with E-state index < -0.39 is 12.1 Å². The van der Waals surface area contributed by atoms with Gasteiger partial charge in [0.25, 0.3) is 0 Å². The van der Waals surface area contributed by atoms with Gasteiger partial charge in [-0.25, -0.2) is 4.79 Å². The second kappa shape index (κ2) is 7.67. The van der Waals surface area contributed by atoms with Crippen LogP contribution in [-0.2, 0) is 9.53 Å². The van der Waals surface area contributed by atoms with Crippen LogP contribution < -0.4 is 0 Å². The number of hydrogen-bond donors (Lipinski definition) is 1.